The van der Waals surface area contributed by atoms with Gasteiger partial charge in [-0.2, -0.15) is 0 Å². The van der Waals surface area contributed by atoms with Crippen molar-refractivity contribution in [2.75, 3.05) is 6.61 Å². The number of carbonyl (C=O) groups is 1. The van der Waals surface area contributed by atoms with Crippen molar-refractivity contribution in [1.29, 1.82) is 0 Å². The predicted octanol–water partition coefficient (Wildman–Crippen LogP) is 2.61. The third-order valence-corrected chi connectivity index (χ3v) is 2.79. The number of carbonyl (C=O) groups excluding carboxylic acids is 1. The lowest BCUT2D eigenvalue weighted by Crippen LogP contribution is -2.15. The molecule has 4 heteroatoms. The molecule has 0 fully saturated rings. The first kappa shape index (κ1) is 13.1. The Balaban J connectivity index is 2.61. The number of hydrogen-bond donors (Lipinski definition) is 1. The Kier molecular flexibility index (Phi) is 4.90. The van der Waals surface area contributed by atoms with Crippen molar-refractivity contribution in [2.45, 2.75) is 19.8 Å². The Morgan fingerprint density at radius 3 is 2.88 bits per heavy atom. The van der Waals surface area contributed by atoms with Crippen LogP contribution in [0.15, 0.2) is 18.2 Å². The molecule has 1 aromatic rings. The number of Topliss-reactive ketones (excluding diaryl/α,β-unsaturated/α-hetero) is 1. The fourth-order valence-corrected chi connectivity index (χ4v) is 1.54. The second-order valence-electron chi connectivity index (χ2n) is 3.76. The third kappa shape index (κ3) is 3.29. The molecule has 0 aromatic heterocycles. The van der Waals surface area contributed by atoms with E-state index in [1.54, 1.807) is 19.1 Å². The molecule has 0 saturated carbocycles. The SMILES string of the molecule is C[C@@H](CO)C(=O)CCc1cccc(Cl)c1F. The van der Waals surface area contributed by atoms with E-state index >= 15 is 0 Å². The molecule has 1 atom stereocenters. The molecule has 0 unspecified atom stereocenters. The first-order chi connectivity index (χ1) is 7.56. The highest BCUT2D eigenvalue weighted by molar-refractivity contribution is 6.30. The smallest absolute Gasteiger partial charge is 0.144 e. The van der Waals surface area contributed by atoms with E-state index in [1.807, 2.05) is 0 Å². The van der Waals surface area contributed by atoms with Gasteiger partial charge in [0.25, 0.3) is 0 Å². The quantitative estimate of drug-likeness (QED) is 0.865. The van der Waals surface area contributed by atoms with E-state index in [0.717, 1.165) is 0 Å². The van der Waals surface area contributed by atoms with E-state index in [9.17, 15) is 9.18 Å². The molecule has 0 heterocycles. The first-order valence-corrected chi connectivity index (χ1v) is 5.50. The van der Waals surface area contributed by atoms with Crippen molar-refractivity contribution in [2.24, 2.45) is 5.92 Å². The number of rotatable bonds is 5. The number of aliphatic hydroxyl groups excluding tert-OH is 1. The molecule has 2 nitrogen and oxygen atoms in total. The summed E-state index contributed by atoms with van der Waals surface area (Å²) in [7, 11) is 0. The van der Waals surface area contributed by atoms with Crippen molar-refractivity contribution in [3.8, 4) is 0 Å². The molecule has 0 aliphatic rings. The number of aryl methyl sites for hydroxylation is 1. The highest BCUT2D eigenvalue weighted by atomic mass is 35.5. The van der Waals surface area contributed by atoms with Crippen LogP contribution in [-0.4, -0.2) is 17.5 Å². The van der Waals surface area contributed by atoms with E-state index < -0.39 is 5.82 Å². The summed E-state index contributed by atoms with van der Waals surface area (Å²) in [4.78, 5) is 11.4. The number of aliphatic hydroxyl groups is 1. The lowest BCUT2D eigenvalue weighted by Gasteiger charge is -2.07. The van der Waals surface area contributed by atoms with E-state index in [4.69, 9.17) is 16.7 Å². The van der Waals surface area contributed by atoms with Gasteiger partial charge in [-0.25, -0.2) is 4.39 Å². The minimum absolute atomic E-state index is 0.0677. The van der Waals surface area contributed by atoms with Crippen molar-refractivity contribution < 1.29 is 14.3 Å². The van der Waals surface area contributed by atoms with Crippen molar-refractivity contribution in [3.63, 3.8) is 0 Å². The lowest BCUT2D eigenvalue weighted by atomic mass is 10.00. The molecule has 1 N–H and O–H groups in total. The first-order valence-electron chi connectivity index (χ1n) is 5.12. The number of hydrogen-bond acceptors (Lipinski definition) is 2. The molecule has 0 saturated heterocycles. The normalized spacial score (nSPS) is 12.5. The van der Waals surface area contributed by atoms with Gasteiger partial charge in [-0.05, 0) is 18.1 Å². The van der Waals surface area contributed by atoms with Gasteiger partial charge in [0.15, 0.2) is 0 Å². The number of ketones is 1. The summed E-state index contributed by atoms with van der Waals surface area (Å²) in [6.45, 7) is 1.48. The Hall–Kier alpha value is -0.930. The van der Waals surface area contributed by atoms with Crippen LogP contribution >= 0.6 is 11.6 Å². The minimum Gasteiger partial charge on any atom is -0.396 e. The van der Waals surface area contributed by atoms with Crippen molar-refractivity contribution in [1.82, 2.24) is 0 Å². The lowest BCUT2D eigenvalue weighted by molar-refractivity contribution is -0.123. The summed E-state index contributed by atoms with van der Waals surface area (Å²) in [5.41, 5.74) is 0.436. The van der Waals surface area contributed by atoms with Gasteiger partial charge in [0.2, 0.25) is 0 Å². The molecule has 0 aliphatic heterocycles. The summed E-state index contributed by atoms with van der Waals surface area (Å²) >= 11 is 5.62. The van der Waals surface area contributed by atoms with Crippen LogP contribution in [0.4, 0.5) is 4.39 Å². The highest BCUT2D eigenvalue weighted by Gasteiger charge is 2.13. The second kappa shape index (κ2) is 5.97. The highest BCUT2D eigenvalue weighted by Crippen LogP contribution is 2.19. The molecule has 0 bridgehead atoms. The summed E-state index contributed by atoms with van der Waals surface area (Å²) in [6, 6.07) is 4.73. The van der Waals surface area contributed by atoms with Gasteiger partial charge < -0.3 is 5.11 Å². The van der Waals surface area contributed by atoms with Crippen LogP contribution in [0.5, 0.6) is 0 Å². The fraction of sp³-hybridized carbons (Fsp3) is 0.417. The Labute approximate surface area is 99.0 Å². The zero-order valence-corrected chi connectivity index (χ0v) is 9.80. The van der Waals surface area contributed by atoms with Crippen LogP contribution in [0.2, 0.25) is 5.02 Å². The molecule has 0 radical (unpaired) electrons. The number of benzene rings is 1. The molecule has 0 spiro atoms. The largest absolute Gasteiger partial charge is 0.396 e. The standard InChI is InChI=1S/C12H14ClFO2/c1-8(7-15)11(16)6-5-9-3-2-4-10(13)12(9)14/h2-4,8,15H,5-7H2,1H3/t8-/m0/s1. The molecule has 0 aliphatic carbocycles. The maximum atomic E-state index is 13.4. The zero-order chi connectivity index (χ0) is 12.1. The van der Waals surface area contributed by atoms with Crippen LogP contribution in [-0.2, 0) is 11.2 Å². The maximum absolute atomic E-state index is 13.4. The van der Waals surface area contributed by atoms with Crippen molar-refractivity contribution >= 4 is 17.4 Å². The van der Waals surface area contributed by atoms with Gasteiger partial charge in [0.05, 0.1) is 11.6 Å². The average Bonchev–Trinajstić information content (AvgIpc) is 2.29. The second-order valence-corrected chi connectivity index (χ2v) is 4.17. The van der Waals surface area contributed by atoms with Gasteiger partial charge in [0, 0.05) is 12.3 Å². The Bertz CT molecular complexity index is 379. The summed E-state index contributed by atoms with van der Waals surface area (Å²) in [5, 5.41) is 8.85. The molecular weight excluding hydrogens is 231 g/mol. The fourth-order valence-electron chi connectivity index (χ4n) is 1.35. The van der Waals surface area contributed by atoms with Crippen LogP contribution in [0.25, 0.3) is 0 Å². The van der Waals surface area contributed by atoms with Gasteiger partial charge in [-0.3, -0.25) is 4.79 Å². The van der Waals surface area contributed by atoms with Crippen LogP contribution in [0.1, 0.15) is 18.9 Å². The molecule has 0 amide bonds. The number of halogens is 2. The molecule has 1 aromatic carbocycles. The molecular formula is C12H14ClFO2. The minimum atomic E-state index is -0.464. The van der Waals surface area contributed by atoms with E-state index in [2.05, 4.69) is 0 Å². The Morgan fingerprint density at radius 1 is 1.56 bits per heavy atom. The van der Waals surface area contributed by atoms with Crippen LogP contribution in [0, 0.1) is 11.7 Å². The van der Waals surface area contributed by atoms with E-state index in [1.165, 1.54) is 6.07 Å². The van der Waals surface area contributed by atoms with E-state index in [-0.39, 0.29) is 29.8 Å². The van der Waals surface area contributed by atoms with Crippen LogP contribution < -0.4 is 0 Å². The van der Waals surface area contributed by atoms with Crippen LogP contribution in [0.3, 0.4) is 0 Å². The van der Waals surface area contributed by atoms with E-state index in [0.29, 0.717) is 12.0 Å². The topological polar surface area (TPSA) is 37.3 Å². The van der Waals surface area contributed by atoms with Gasteiger partial charge >= 0.3 is 0 Å². The summed E-state index contributed by atoms with van der Waals surface area (Å²) in [5.74, 6) is -0.919. The van der Waals surface area contributed by atoms with Gasteiger partial charge in [-0.1, -0.05) is 30.7 Å². The monoisotopic (exact) mass is 244 g/mol. The summed E-state index contributed by atoms with van der Waals surface area (Å²) < 4.78 is 13.4. The molecule has 88 valence electrons. The average molecular weight is 245 g/mol. The van der Waals surface area contributed by atoms with Gasteiger partial charge in [-0.15, -0.1) is 0 Å². The predicted molar refractivity (Wildman–Crippen MR) is 61.0 cm³/mol. The van der Waals surface area contributed by atoms with Crippen molar-refractivity contribution in [3.05, 3.63) is 34.6 Å². The molecule has 16 heavy (non-hydrogen) atoms. The van der Waals surface area contributed by atoms with Gasteiger partial charge in [0.1, 0.15) is 11.6 Å². The maximum Gasteiger partial charge on any atom is 0.144 e. The Morgan fingerprint density at radius 2 is 2.25 bits per heavy atom. The zero-order valence-electron chi connectivity index (χ0n) is 9.04. The molecule has 1 rings (SSSR count). The third-order valence-electron chi connectivity index (χ3n) is 2.50. The summed E-state index contributed by atoms with van der Waals surface area (Å²) in [6.07, 6.45) is 0.536.